The molecule has 0 saturated carbocycles. The Hall–Kier alpha value is -2.91. The molecule has 2 aliphatic heterocycles. The molecule has 2 aliphatic rings. The molecule has 0 bridgehead atoms. The van der Waals surface area contributed by atoms with Crippen LogP contribution in [0.1, 0.15) is 17.5 Å². The topological polar surface area (TPSA) is 96.0 Å². The van der Waals surface area contributed by atoms with Gasteiger partial charge in [0, 0.05) is 44.4 Å². The van der Waals surface area contributed by atoms with Crippen molar-refractivity contribution >= 4 is 27.5 Å². The molecule has 2 aromatic rings. The summed E-state index contributed by atoms with van der Waals surface area (Å²) < 4.78 is 32.2. The van der Waals surface area contributed by atoms with E-state index in [2.05, 4.69) is 5.32 Å². The predicted molar refractivity (Wildman–Crippen MR) is 121 cm³/mol. The van der Waals surface area contributed by atoms with Crippen LogP contribution in [0.15, 0.2) is 48.5 Å². The van der Waals surface area contributed by atoms with Crippen LogP contribution in [0, 0.1) is 5.92 Å². The van der Waals surface area contributed by atoms with E-state index in [0.29, 0.717) is 30.9 Å². The average Bonchev–Trinajstić information content (AvgIpc) is 3.20. The van der Waals surface area contributed by atoms with Crippen molar-refractivity contribution in [2.24, 2.45) is 5.92 Å². The van der Waals surface area contributed by atoms with Gasteiger partial charge >= 0.3 is 0 Å². The summed E-state index contributed by atoms with van der Waals surface area (Å²) >= 11 is 0. The number of fused-ring (bicyclic) bond motifs is 1. The number of hydrogen-bond donors (Lipinski definition) is 1. The Bertz CT molecular complexity index is 1120. The number of hydrogen-bond acceptors (Lipinski definition) is 5. The van der Waals surface area contributed by atoms with Gasteiger partial charge in [0.1, 0.15) is 5.75 Å². The number of sulfonamides is 1. The van der Waals surface area contributed by atoms with Crippen molar-refractivity contribution in [2.75, 3.05) is 37.4 Å². The minimum absolute atomic E-state index is 0.0170. The number of rotatable bonds is 7. The lowest BCUT2D eigenvalue weighted by Crippen LogP contribution is -2.41. The Balaban J connectivity index is 1.30. The monoisotopic (exact) mass is 457 g/mol. The van der Waals surface area contributed by atoms with Crippen LogP contribution in [0.25, 0.3) is 0 Å². The number of nitrogens with one attached hydrogen (secondary N) is 1. The molecule has 0 aromatic heterocycles. The van der Waals surface area contributed by atoms with Gasteiger partial charge < -0.3 is 15.0 Å². The number of amides is 2. The molecule has 1 fully saturated rings. The van der Waals surface area contributed by atoms with Crippen molar-refractivity contribution in [3.8, 4) is 5.75 Å². The molecule has 2 aromatic carbocycles. The lowest BCUT2D eigenvalue weighted by atomic mass is 10.0. The van der Waals surface area contributed by atoms with E-state index >= 15 is 0 Å². The molecule has 1 N–H and O–H groups in total. The van der Waals surface area contributed by atoms with Gasteiger partial charge in [-0.2, -0.15) is 4.31 Å². The minimum Gasteiger partial charge on any atom is -0.497 e. The number of benzene rings is 2. The van der Waals surface area contributed by atoms with E-state index in [4.69, 9.17) is 4.74 Å². The van der Waals surface area contributed by atoms with E-state index < -0.39 is 15.9 Å². The second-order valence-corrected chi connectivity index (χ2v) is 10.2. The fourth-order valence-electron chi connectivity index (χ4n) is 4.20. The number of ether oxygens (including phenoxy) is 1. The molecule has 0 spiro atoms. The van der Waals surface area contributed by atoms with Crippen molar-refractivity contribution in [3.63, 3.8) is 0 Å². The molecule has 170 valence electrons. The number of anilines is 1. The first-order valence-corrected chi connectivity index (χ1v) is 12.2. The summed E-state index contributed by atoms with van der Waals surface area (Å²) in [5.41, 5.74) is 2.88. The van der Waals surface area contributed by atoms with Crippen LogP contribution in [0.5, 0.6) is 5.75 Å². The fourth-order valence-corrected chi connectivity index (χ4v) is 5.52. The van der Waals surface area contributed by atoms with Gasteiger partial charge in [0.05, 0.1) is 18.8 Å². The van der Waals surface area contributed by atoms with Crippen LogP contribution in [0.2, 0.25) is 0 Å². The van der Waals surface area contributed by atoms with Gasteiger partial charge in [0.15, 0.2) is 0 Å². The molecular formula is C23H27N3O5S. The summed E-state index contributed by atoms with van der Waals surface area (Å²) in [6, 6.07) is 15.0. The molecule has 0 aliphatic carbocycles. The zero-order valence-electron chi connectivity index (χ0n) is 18.0. The first-order chi connectivity index (χ1) is 15.4. The Morgan fingerprint density at radius 1 is 1.16 bits per heavy atom. The highest BCUT2D eigenvalue weighted by Gasteiger charge is 2.35. The van der Waals surface area contributed by atoms with Crippen LogP contribution in [-0.4, -0.2) is 57.0 Å². The van der Waals surface area contributed by atoms with Gasteiger partial charge in [-0.15, -0.1) is 0 Å². The van der Waals surface area contributed by atoms with Crippen LogP contribution in [0.3, 0.4) is 0 Å². The number of nitrogens with zero attached hydrogens (tertiary/aromatic N) is 2. The summed E-state index contributed by atoms with van der Waals surface area (Å²) in [7, 11) is -1.94. The molecule has 2 amide bonds. The van der Waals surface area contributed by atoms with Crippen molar-refractivity contribution in [1.82, 2.24) is 9.62 Å². The standard InChI is InChI=1S/C23H27N3O5S/c1-31-21-8-4-7-20(14-21)26-16-19(13-22(26)27)23(28)24-10-12-32(29,30)25-11-9-17-5-2-3-6-18(17)15-25/h2-8,14,19H,9-13,15-16H2,1H3,(H,24,28)/t19-/m1/s1. The predicted octanol–water partition coefficient (Wildman–Crippen LogP) is 1.55. The Morgan fingerprint density at radius 2 is 1.94 bits per heavy atom. The number of carbonyl (C=O) groups excluding carboxylic acids is 2. The summed E-state index contributed by atoms with van der Waals surface area (Å²) in [5.74, 6) is -0.491. The van der Waals surface area contributed by atoms with Crippen molar-refractivity contribution < 1.29 is 22.7 Å². The highest BCUT2D eigenvalue weighted by molar-refractivity contribution is 7.89. The SMILES string of the molecule is COc1cccc(N2C[C@H](C(=O)NCCS(=O)(=O)N3CCc4ccccc4C3)CC2=O)c1. The maximum Gasteiger partial charge on any atom is 0.227 e. The molecule has 1 saturated heterocycles. The zero-order valence-corrected chi connectivity index (χ0v) is 18.8. The second-order valence-electron chi connectivity index (χ2n) is 8.07. The quantitative estimate of drug-likeness (QED) is 0.681. The molecule has 1 atom stereocenters. The molecule has 8 nitrogen and oxygen atoms in total. The van der Waals surface area contributed by atoms with E-state index in [-0.39, 0.29) is 37.1 Å². The lowest BCUT2D eigenvalue weighted by Gasteiger charge is -2.28. The van der Waals surface area contributed by atoms with Crippen molar-refractivity contribution in [2.45, 2.75) is 19.4 Å². The summed E-state index contributed by atoms with van der Waals surface area (Å²) in [5, 5.41) is 2.71. The third kappa shape index (κ3) is 4.78. The van der Waals surface area contributed by atoms with Gasteiger partial charge in [-0.05, 0) is 29.7 Å². The third-order valence-corrected chi connectivity index (χ3v) is 7.83. The first kappa shape index (κ1) is 22.3. The Morgan fingerprint density at radius 3 is 2.72 bits per heavy atom. The molecule has 0 radical (unpaired) electrons. The van der Waals surface area contributed by atoms with Crippen molar-refractivity contribution in [3.05, 3.63) is 59.7 Å². The average molecular weight is 458 g/mol. The maximum absolute atomic E-state index is 12.7. The zero-order chi connectivity index (χ0) is 22.7. The van der Waals surface area contributed by atoms with Gasteiger partial charge in [-0.1, -0.05) is 30.3 Å². The normalized spacial score (nSPS) is 19.0. The number of methoxy groups -OCH3 is 1. The summed E-state index contributed by atoms with van der Waals surface area (Å²) in [6.07, 6.45) is 0.782. The molecule has 9 heteroatoms. The van der Waals surface area contributed by atoms with Gasteiger partial charge in [0.25, 0.3) is 0 Å². The van der Waals surface area contributed by atoms with E-state index in [1.54, 1.807) is 36.3 Å². The van der Waals surface area contributed by atoms with Crippen LogP contribution >= 0.6 is 0 Å². The van der Waals surface area contributed by atoms with Gasteiger partial charge in [-0.25, -0.2) is 8.42 Å². The molecule has 2 heterocycles. The number of carbonyl (C=O) groups is 2. The molecule has 4 rings (SSSR count). The fraction of sp³-hybridized carbons (Fsp3) is 0.391. The highest BCUT2D eigenvalue weighted by atomic mass is 32.2. The van der Waals surface area contributed by atoms with E-state index in [9.17, 15) is 18.0 Å². The van der Waals surface area contributed by atoms with E-state index in [1.165, 1.54) is 9.87 Å². The molecule has 32 heavy (non-hydrogen) atoms. The molecule has 0 unspecified atom stereocenters. The maximum atomic E-state index is 12.7. The van der Waals surface area contributed by atoms with Gasteiger partial charge in [-0.3, -0.25) is 9.59 Å². The Labute approximate surface area is 188 Å². The van der Waals surface area contributed by atoms with Crippen LogP contribution < -0.4 is 15.0 Å². The van der Waals surface area contributed by atoms with E-state index in [0.717, 1.165) is 5.56 Å². The summed E-state index contributed by atoms with van der Waals surface area (Å²) in [4.78, 5) is 26.6. The lowest BCUT2D eigenvalue weighted by molar-refractivity contribution is -0.126. The van der Waals surface area contributed by atoms with Crippen LogP contribution in [0.4, 0.5) is 5.69 Å². The summed E-state index contributed by atoms with van der Waals surface area (Å²) in [6.45, 7) is 1.08. The van der Waals surface area contributed by atoms with Gasteiger partial charge in [0.2, 0.25) is 21.8 Å². The second kappa shape index (κ2) is 9.30. The molecular weight excluding hydrogens is 430 g/mol. The van der Waals surface area contributed by atoms with Crippen LogP contribution in [-0.2, 0) is 32.6 Å². The largest absolute Gasteiger partial charge is 0.497 e. The van der Waals surface area contributed by atoms with E-state index in [1.807, 2.05) is 24.3 Å². The highest BCUT2D eigenvalue weighted by Crippen LogP contribution is 2.28. The Kier molecular flexibility index (Phi) is 6.48. The minimum atomic E-state index is -3.49. The van der Waals surface area contributed by atoms with Crippen molar-refractivity contribution in [1.29, 1.82) is 0 Å². The third-order valence-electron chi connectivity index (χ3n) is 6.01. The smallest absolute Gasteiger partial charge is 0.227 e. The first-order valence-electron chi connectivity index (χ1n) is 10.6.